The maximum atomic E-state index is 12.3. The molecule has 138 valence electrons. The summed E-state index contributed by atoms with van der Waals surface area (Å²) in [4.78, 5) is 12.3. The second kappa shape index (κ2) is 11.2. The lowest BCUT2D eigenvalue weighted by molar-refractivity contribution is 0.0734. The van der Waals surface area contributed by atoms with Gasteiger partial charge in [-0.25, -0.2) is 4.79 Å². The van der Waals surface area contributed by atoms with Crippen molar-refractivity contribution in [3.05, 3.63) is 65.7 Å². The molecule has 0 aliphatic heterocycles. The number of carbonyl (C=O) groups is 1. The zero-order valence-electron chi connectivity index (χ0n) is 15.7. The average Bonchev–Trinajstić information content (AvgIpc) is 2.68. The normalized spacial score (nSPS) is 10.5. The number of hydrogen-bond acceptors (Lipinski definition) is 3. The van der Waals surface area contributed by atoms with Crippen LogP contribution in [0.1, 0.15) is 74.2 Å². The summed E-state index contributed by atoms with van der Waals surface area (Å²) in [5.41, 5.74) is 1.76. The molecule has 0 unspecified atom stereocenters. The molecule has 2 aromatic rings. The second-order valence-corrected chi connectivity index (χ2v) is 6.60. The van der Waals surface area contributed by atoms with Crippen LogP contribution in [0, 0.1) is 5.41 Å². The summed E-state index contributed by atoms with van der Waals surface area (Å²) in [5, 5.41) is 8.37. The van der Waals surface area contributed by atoms with Crippen molar-refractivity contribution in [1.29, 1.82) is 5.41 Å². The first kappa shape index (κ1) is 19.9. The molecule has 3 nitrogen and oxygen atoms in total. The van der Waals surface area contributed by atoms with Gasteiger partial charge in [-0.05, 0) is 37.1 Å². The number of rotatable bonds is 11. The van der Waals surface area contributed by atoms with Crippen molar-refractivity contribution in [1.82, 2.24) is 0 Å². The smallest absolute Gasteiger partial charge is 0.343 e. The standard InChI is InChI=1S/C23H29NO2/c1-2-3-4-5-6-7-11-17-21(24)20-16-12-13-18-22(20)26-23(25)19-14-9-8-10-15-19/h8-10,12-16,18,24H,2-7,11,17H2,1H3. The van der Waals surface area contributed by atoms with E-state index in [4.69, 9.17) is 10.1 Å². The fourth-order valence-electron chi connectivity index (χ4n) is 2.93. The van der Waals surface area contributed by atoms with Gasteiger partial charge < -0.3 is 10.1 Å². The van der Waals surface area contributed by atoms with Crippen molar-refractivity contribution in [3.8, 4) is 5.75 Å². The summed E-state index contributed by atoms with van der Waals surface area (Å²) < 4.78 is 5.54. The van der Waals surface area contributed by atoms with Gasteiger partial charge in [-0.2, -0.15) is 0 Å². The topological polar surface area (TPSA) is 50.1 Å². The van der Waals surface area contributed by atoms with Crippen molar-refractivity contribution in [2.24, 2.45) is 0 Å². The average molecular weight is 351 g/mol. The fourth-order valence-corrected chi connectivity index (χ4v) is 2.93. The Hall–Kier alpha value is -2.42. The Morgan fingerprint density at radius 2 is 1.46 bits per heavy atom. The molecule has 2 rings (SSSR count). The van der Waals surface area contributed by atoms with E-state index in [0.717, 1.165) is 12.8 Å². The van der Waals surface area contributed by atoms with Crippen LogP contribution in [0.3, 0.4) is 0 Å². The van der Waals surface area contributed by atoms with Crippen LogP contribution in [-0.2, 0) is 0 Å². The Labute approximate surface area is 156 Å². The predicted octanol–water partition coefficient (Wildman–Crippen LogP) is 6.41. The molecule has 3 heteroatoms. The lowest BCUT2D eigenvalue weighted by atomic mass is 10.0. The van der Waals surface area contributed by atoms with Crippen LogP contribution >= 0.6 is 0 Å². The molecule has 0 aliphatic rings. The van der Waals surface area contributed by atoms with Crippen LogP contribution in [0.2, 0.25) is 0 Å². The first-order valence-corrected chi connectivity index (χ1v) is 9.66. The van der Waals surface area contributed by atoms with Crippen molar-refractivity contribution in [2.45, 2.75) is 58.3 Å². The third kappa shape index (κ3) is 6.47. The zero-order chi connectivity index (χ0) is 18.6. The van der Waals surface area contributed by atoms with Gasteiger partial charge in [0.1, 0.15) is 5.75 Å². The molecule has 0 amide bonds. The van der Waals surface area contributed by atoms with Crippen LogP contribution < -0.4 is 4.74 Å². The van der Waals surface area contributed by atoms with Crippen LogP contribution in [0.25, 0.3) is 0 Å². The summed E-state index contributed by atoms with van der Waals surface area (Å²) in [5.74, 6) is 0.0797. The van der Waals surface area contributed by atoms with Gasteiger partial charge in [-0.15, -0.1) is 0 Å². The number of benzene rings is 2. The van der Waals surface area contributed by atoms with Gasteiger partial charge in [0.15, 0.2) is 0 Å². The lowest BCUT2D eigenvalue weighted by Gasteiger charge is -2.11. The molecule has 2 aromatic carbocycles. The summed E-state index contributed by atoms with van der Waals surface area (Å²) in [7, 11) is 0. The highest BCUT2D eigenvalue weighted by Crippen LogP contribution is 2.22. The van der Waals surface area contributed by atoms with Gasteiger partial charge in [-0.3, -0.25) is 0 Å². The van der Waals surface area contributed by atoms with E-state index in [1.165, 1.54) is 32.1 Å². The second-order valence-electron chi connectivity index (χ2n) is 6.60. The maximum Gasteiger partial charge on any atom is 0.343 e. The lowest BCUT2D eigenvalue weighted by Crippen LogP contribution is -2.11. The highest BCUT2D eigenvalue weighted by atomic mass is 16.5. The summed E-state index contributed by atoms with van der Waals surface area (Å²) >= 11 is 0. The maximum absolute atomic E-state index is 12.3. The minimum absolute atomic E-state index is 0.387. The van der Waals surface area contributed by atoms with Crippen LogP contribution in [0.15, 0.2) is 54.6 Å². The van der Waals surface area contributed by atoms with Gasteiger partial charge >= 0.3 is 5.97 Å². The van der Waals surface area contributed by atoms with E-state index >= 15 is 0 Å². The molecule has 1 N–H and O–H groups in total. The monoisotopic (exact) mass is 351 g/mol. The van der Waals surface area contributed by atoms with E-state index in [9.17, 15) is 4.79 Å². The Bertz CT molecular complexity index is 694. The molecule has 0 heterocycles. The summed E-state index contributed by atoms with van der Waals surface area (Å²) in [6.07, 6.45) is 9.29. The van der Waals surface area contributed by atoms with Crippen LogP contribution in [0.5, 0.6) is 5.75 Å². The van der Waals surface area contributed by atoms with Gasteiger partial charge in [0.25, 0.3) is 0 Å². The predicted molar refractivity (Wildman–Crippen MR) is 107 cm³/mol. The number of carbonyl (C=O) groups excluding carboxylic acids is 1. The molecule has 0 spiro atoms. The highest BCUT2D eigenvalue weighted by Gasteiger charge is 2.13. The molecule has 0 saturated heterocycles. The summed E-state index contributed by atoms with van der Waals surface area (Å²) in [6.45, 7) is 2.23. The first-order valence-electron chi connectivity index (χ1n) is 9.66. The number of para-hydroxylation sites is 1. The Kier molecular flexibility index (Phi) is 8.61. The SMILES string of the molecule is CCCCCCCCCC(=N)c1ccccc1OC(=O)c1ccccc1. The number of esters is 1. The highest BCUT2D eigenvalue weighted by molar-refractivity contribution is 6.02. The molecule has 0 saturated carbocycles. The number of ether oxygens (including phenoxy) is 1. The van der Waals surface area contributed by atoms with Gasteiger partial charge in [0, 0.05) is 11.3 Å². The number of unbranched alkanes of at least 4 members (excludes halogenated alkanes) is 6. The number of nitrogens with one attached hydrogen (secondary N) is 1. The molecule has 0 fully saturated rings. The molecule has 0 atom stereocenters. The third-order valence-electron chi connectivity index (χ3n) is 4.45. The van der Waals surface area contributed by atoms with E-state index in [0.29, 0.717) is 29.0 Å². The number of hydrogen-bond donors (Lipinski definition) is 1. The van der Waals surface area contributed by atoms with E-state index < -0.39 is 0 Å². The van der Waals surface area contributed by atoms with Gasteiger partial charge in [0.2, 0.25) is 0 Å². The van der Waals surface area contributed by atoms with Crippen LogP contribution in [0.4, 0.5) is 0 Å². The minimum Gasteiger partial charge on any atom is -0.422 e. The fraction of sp³-hybridized carbons (Fsp3) is 0.391. The van der Waals surface area contributed by atoms with E-state index in [2.05, 4.69) is 6.92 Å². The molecular formula is C23H29NO2. The largest absolute Gasteiger partial charge is 0.422 e. The molecule has 26 heavy (non-hydrogen) atoms. The van der Waals surface area contributed by atoms with E-state index in [1.807, 2.05) is 36.4 Å². The molecule has 0 bridgehead atoms. The third-order valence-corrected chi connectivity index (χ3v) is 4.45. The molecule has 0 radical (unpaired) electrons. The van der Waals surface area contributed by atoms with E-state index in [1.54, 1.807) is 18.2 Å². The van der Waals surface area contributed by atoms with Gasteiger partial charge in [0.05, 0.1) is 5.56 Å². The van der Waals surface area contributed by atoms with Crippen molar-refractivity contribution in [3.63, 3.8) is 0 Å². The first-order chi connectivity index (χ1) is 12.7. The summed E-state index contributed by atoms with van der Waals surface area (Å²) in [6, 6.07) is 16.3. The molecule has 0 aliphatic carbocycles. The quantitative estimate of drug-likeness (QED) is 0.220. The van der Waals surface area contributed by atoms with Gasteiger partial charge in [-0.1, -0.05) is 75.8 Å². The Morgan fingerprint density at radius 3 is 2.19 bits per heavy atom. The molecule has 0 aromatic heterocycles. The van der Waals surface area contributed by atoms with E-state index in [-0.39, 0.29) is 5.97 Å². The molecular weight excluding hydrogens is 322 g/mol. The van der Waals surface area contributed by atoms with Crippen LogP contribution in [-0.4, -0.2) is 11.7 Å². The minimum atomic E-state index is -0.387. The zero-order valence-corrected chi connectivity index (χ0v) is 15.7. The Balaban J connectivity index is 1.87. The Morgan fingerprint density at radius 1 is 0.846 bits per heavy atom. The van der Waals surface area contributed by atoms with Crippen molar-refractivity contribution in [2.75, 3.05) is 0 Å². The van der Waals surface area contributed by atoms with Crippen molar-refractivity contribution < 1.29 is 9.53 Å². The van der Waals surface area contributed by atoms with Crippen molar-refractivity contribution >= 4 is 11.7 Å².